The van der Waals surface area contributed by atoms with E-state index in [9.17, 15) is 22.7 Å². The number of anilines is 1. The molecule has 1 N–H and O–H groups in total. The predicted molar refractivity (Wildman–Crippen MR) is 82.8 cm³/mol. The molecule has 3 rings (SSSR count). The van der Waals surface area contributed by atoms with Crippen molar-refractivity contribution < 1.29 is 22.7 Å². The van der Waals surface area contributed by atoms with Gasteiger partial charge in [0, 0.05) is 0 Å². The minimum absolute atomic E-state index is 0.123. The van der Waals surface area contributed by atoms with E-state index in [2.05, 4.69) is 0 Å². The Morgan fingerprint density at radius 2 is 1.96 bits per heavy atom. The van der Waals surface area contributed by atoms with Crippen molar-refractivity contribution in [2.24, 2.45) is 0 Å². The molecular formula is C15H11ClFNO4S. The monoisotopic (exact) mass is 355 g/mol. The molecule has 1 aliphatic rings. The number of fused-ring (bicyclic) bond motifs is 1. The number of carboxylic acid groups (broad SMARTS) is 1. The fourth-order valence-corrected chi connectivity index (χ4v) is 4.60. The lowest BCUT2D eigenvalue weighted by atomic mass is 10.0. The topological polar surface area (TPSA) is 74.7 Å². The van der Waals surface area contributed by atoms with E-state index >= 15 is 0 Å². The molecule has 2 aromatic carbocycles. The fraction of sp³-hybridized carbons (Fsp3) is 0.133. The highest BCUT2D eigenvalue weighted by Crippen LogP contribution is 2.40. The molecule has 1 heterocycles. The number of nitrogens with zero attached hydrogens (tertiary/aromatic N) is 1. The number of hydrogen-bond donors (Lipinski definition) is 1. The number of carbonyl (C=O) groups is 1. The summed E-state index contributed by atoms with van der Waals surface area (Å²) in [4.78, 5) is 11.0. The van der Waals surface area contributed by atoms with Gasteiger partial charge in [-0.25, -0.2) is 12.8 Å². The van der Waals surface area contributed by atoms with Crippen LogP contribution in [0.3, 0.4) is 0 Å². The van der Waals surface area contributed by atoms with Crippen LogP contribution in [-0.2, 0) is 14.8 Å². The van der Waals surface area contributed by atoms with Crippen molar-refractivity contribution in [1.29, 1.82) is 0 Å². The van der Waals surface area contributed by atoms with Gasteiger partial charge in [0.1, 0.15) is 16.6 Å². The van der Waals surface area contributed by atoms with E-state index in [0.29, 0.717) is 5.56 Å². The van der Waals surface area contributed by atoms with E-state index in [4.69, 9.17) is 11.6 Å². The van der Waals surface area contributed by atoms with Crippen molar-refractivity contribution in [3.63, 3.8) is 0 Å². The van der Waals surface area contributed by atoms with Crippen LogP contribution >= 0.6 is 11.6 Å². The molecule has 0 bridgehead atoms. The van der Waals surface area contributed by atoms with Crippen molar-refractivity contribution >= 4 is 33.3 Å². The first kappa shape index (κ1) is 15.8. The van der Waals surface area contributed by atoms with E-state index in [1.165, 1.54) is 6.07 Å². The lowest BCUT2D eigenvalue weighted by Crippen LogP contribution is -2.31. The van der Waals surface area contributed by atoms with Crippen LogP contribution in [0.2, 0.25) is 5.02 Å². The summed E-state index contributed by atoms with van der Waals surface area (Å²) in [6.45, 7) is -0.260. The largest absolute Gasteiger partial charge is 0.481 e. The predicted octanol–water partition coefficient (Wildman–Crippen LogP) is 2.86. The van der Waals surface area contributed by atoms with Crippen molar-refractivity contribution in [2.45, 2.75) is 10.8 Å². The van der Waals surface area contributed by atoms with E-state index < -0.39 is 27.7 Å². The van der Waals surface area contributed by atoms with Gasteiger partial charge in [-0.05, 0) is 29.8 Å². The van der Waals surface area contributed by atoms with Crippen LogP contribution < -0.4 is 4.31 Å². The molecule has 0 radical (unpaired) electrons. The van der Waals surface area contributed by atoms with Crippen LogP contribution in [0, 0.1) is 5.82 Å². The third kappa shape index (κ3) is 2.55. The second-order valence-corrected chi connectivity index (χ2v) is 7.30. The van der Waals surface area contributed by atoms with Gasteiger partial charge in [0.15, 0.2) is 0 Å². The number of hydrogen-bond acceptors (Lipinski definition) is 3. The van der Waals surface area contributed by atoms with Crippen LogP contribution in [-0.4, -0.2) is 26.0 Å². The first-order valence-corrected chi connectivity index (χ1v) is 8.43. The Labute approximate surface area is 137 Å². The highest BCUT2D eigenvalue weighted by atomic mass is 35.5. The molecule has 1 unspecified atom stereocenters. The Morgan fingerprint density at radius 1 is 1.26 bits per heavy atom. The first-order valence-electron chi connectivity index (χ1n) is 6.62. The van der Waals surface area contributed by atoms with Gasteiger partial charge in [0.2, 0.25) is 0 Å². The van der Waals surface area contributed by atoms with Crippen molar-refractivity contribution in [3.8, 4) is 0 Å². The Balaban J connectivity index is 2.15. The summed E-state index contributed by atoms with van der Waals surface area (Å²) in [7, 11) is -4.17. The highest BCUT2D eigenvalue weighted by Gasteiger charge is 2.40. The van der Waals surface area contributed by atoms with Crippen molar-refractivity contribution in [2.75, 3.05) is 10.8 Å². The van der Waals surface area contributed by atoms with Gasteiger partial charge in [0.05, 0.1) is 17.3 Å². The Hall–Kier alpha value is -2.12. The van der Waals surface area contributed by atoms with Crippen LogP contribution in [0.5, 0.6) is 0 Å². The van der Waals surface area contributed by atoms with E-state index in [1.54, 1.807) is 18.2 Å². The maximum absolute atomic E-state index is 13.4. The van der Waals surface area contributed by atoms with Crippen LogP contribution in [0.1, 0.15) is 11.5 Å². The first-order chi connectivity index (χ1) is 10.8. The molecule has 0 spiro atoms. The molecule has 0 saturated heterocycles. The van der Waals surface area contributed by atoms with Gasteiger partial charge < -0.3 is 5.11 Å². The number of para-hydroxylation sites is 1. The minimum Gasteiger partial charge on any atom is -0.481 e. The summed E-state index contributed by atoms with van der Waals surface area (Å²) < 4.78 is 40.0. The molecule has 1 atom stereocenters. The molecule has 0 amide bonds. The summed E-state index contributed by atoms with van der Waals surface area (Å²) in [6.07, 6.45) is 0. The number of sulfonamides is 1. The Morgan fingerprint density at radius 3 is 2.65 bits per heavy atom. The average Bonchev–Trinajstić information content (AvgIpc) is 2.90. The second-order valence-electron chi connectivity index (χ2n) is 5.06. The lowest BCUT2D eigenvalue weighted by molar-refractivity contribution is -0.138. The standard InChI is InChI=1S/C15H11ClFNO4S/c16-12-6-5-9(17)7-14(12)23(21,22)18-8-11(15(19)20)10-3-1-2-4-13(10)18/h1-7,11H,8H2,(H,19,20). The van der Waals surface area contributed by atoms with Gasteiger partial charge in [0.25, 0.3) is 10.0 Å². The average molecular weight is 356 g/mol. The summed E-state index contributed by atoms with van der Waals surface area (Å²) in [5.74, 6) is -2.84. The van der Waals surface area contributed by atoms with Crippen molar-refractivity contribution in [3.05, 3.63) is 58.9 Å². The molecule has 0 aromatic heterocycles. The van der Waals surface area contributed by atoms with Gasteiger partial charge in [-0.2, -0.15) is 0 Å². The summed E-state index contributed by atoms with van der Waals surface area (Å²) in [5, 5.41) is 9.18. The molecular weight excluding hydrogens is 345 g/mol. The maximum Gasteiger partial charge on any atom is 0.312 e. The van der Waals surface area contributed by atoms with Gasteiger partial charge in [-0.15, -0.1) is 0 Å². The van der Waals surface area contributed by atoms with Crippen LogP contribution in [0.15, 0.2) is 47.4 Å². The number of benzene rings is 2. The minimum atomic E-state index is -4.17. The van der Waals surface area contributed by atoms with Gasteiger partial charge in [-0.3, -0.25) is 9.10 Å². The smallest absolute Gasteiger partial charge is 0.312 e. The van der Waals surface area contributed by atoms with E-state index in [-0.39, 0.29) is 22.2 Å². The SMILES string of the molecule is O=C(O)C1CN(S(=O)(=O)c2cc(F)ccc2Cl)c2ccccc21. The quantitative estimate of drug-likeness (QED) is 0.918. The van der Waals surface area contributed by atoms with Crippen LogP contribution in [0.25, 0.3) is 0 Å². The molecule has 0 aliphatic carbocycles. The maximum atomic E-state index is 13.4. The zero-order chi connectivity index (χ0) is 16.8. The van der Waals surface area contributed by atoms with Gasteiger partial charge in [-0.1, -0.05) is 29.8 Å². The summed E-state index contributed by atoms with van der Waals surface area (Å²) >= 11 is 5.90. The lowest BCUT2D eigenvalue weighted by Gasteiger charge is -2.20. The highest BCUT2D eigenvalue weighted by molar-refractivity contribution is 7.93. The zero-order valence-corrected chi connectivity index (χ0v) is 13.2. The van der Waals surface area contributed by atoms with Crippen molar-refractivity contribution in [1.82, 2.24) is 0 Å². The van der Waals surface area contributed by atoms with Gasteiger partial charge >= 0.3 is 5.97 Å². The van der Waals surface area contributed by atoms with E-state index in [0.717, 1.165) is 22.5 Å². The summed E-state index contributed by atoms with van der Waals surface area (Å²) in [6, 6.07) is 9.37. The molecule has 8 heteroatoms. The number of rotatable bonds is 3. The number of carboxylic acids is 1. The molecule has 0 fully saturated rings. The molecule has 0 saturated carbocycles. The molecule has 1 aliphatic heterocycles. The third-order valence-corrected chi connectivity index (χ3v) is 5.95. The molecule has 23 heavy (non-hydrogen) atoms. The summed E-state index contributed by atoms with van der Waals surface area (Å²) in [5.41, 5.74) is 0.663. The number of aliphatic carboxylic acids is 1. The Bertz CT molecular complexity index is 900. The second kappa shape index (κ2) is 5.50. The fourth-order valence-electron chi connectivity index (χ4n) is 2.60. The molecule has 120 valence electrons. The molecule has 5 nitrogen and oxygen atoms in total. The zero-order valence-electron chi connectivity index (χ0n) is 11.6. The normalized spacial score (nSPS) is 17.1. The molecule has 2 aromatic rings. The van der Waals surface area contributed by atoms with E-state index in [1.807, 2.05) is 0 Å². The number of halogens is 2. The van der Waals surface area contributed by atoms with Crippen LogP contribution in [0.4, 0.5) is 10.1 Å². The third-order valence-electron chi connectivity index (χ3n) is 3.69. The Kier molecular flexibility index (Phi) is 3.77.